The summed E-state index contributed by atoms with van der Waals surface area (Å²) >= 11 is 9.72. The van der Waals surface area contributed by atoms with Crippen molar-refractivity contribution < 1.29 is 23.9 Å². The van der Waals surface area contributed by atoms with Gasteiger partial charge in [-0.2, -0.15) is 0 Å². The number of hydrogen-bond acceptors (Lipinski definition) is 6. The average Bonchev–Trinajstić information content (AvgIpc) is 3.16. The van der Waals surface area contributed by atoms with E-state index in [1.807, 2.05) is 66.7 Å². The maximum absolute atomic E-state index is 14.4. The van der Waals surface area contributed by atoms with E-state index in [-0.39, 0.29) is 24.0 Å². The van der Waals surface area contributed by atoms with Crippen LogP contribution in [0.5, 0.6) is 11.5 Å². The highest BCUT2D eigenvalue weighted by Gasteiger charge is 2.40. The van der Waals surface area contributed by atoms with E-state index in [0.29, 0.717) is 32.2 Å². The predicted molar refractivity (Wildman–Crippen MR) is 210 cm³/mol. The maximum Gasteiger partial charge on any atom is 0.335 e. The molecule has 266 valence electrons. The quantitative estimate of drug-likeness (QED) is 0.125. The predicted octanol–water partition coefficient (Wildman–Crippen LogP) is 9.23. The van der Waals surface area contributed by atoms with Gasteiger partial charge in [0.15, 0.2) is 11.5 Å². The second kappa shape index (κ2) is 14.6. The lowest BCUT2D eigenvalue weighted by atomic mass is 9.76. The monoisotopic (exact) mass is 787 g/mol. The van der Waals surface area contributed by atoms with E-state index in [9.17, 15) is 14.4 Å². The van der Waals surface area contributed by atoms with Crippen molar-refractivity contribution in [3.8, 4) is 11.5 Å². The third-order valence-corrected chi connectivity index (χ3v) is 11.0. The molecule has 3 aliphatic heterocycles. The van der Waals surface area contributed by atoms with Gasteiger partial charge in [0.25, 0.3) is 11.8 Å². The molecule has 0 unspecified atom stereocenters. The molecule has 5 aromatic rings. The van der Waals surface area contributed by atoms with Crippen molar-refractivity contribution in [2.45, 2.75) is 31.3 Å². The van der Waals surface area contributed by atoms with Crippen molar-refractivity contribution in [1.29, 1.82) is 0 Å². The molecule has 0 aromatic heterocycles. The third-order valence-electron chi connectivity index (χ3n) is 10.2. The molecular formula is C43H35BrClN3O5. The number of nitrogens with one attached hydrogen (secondary N) is 1. The van der Waals surface area contributed by atoms with E-state index in [2.05, 4.69) is 50.4 Å². The number of carbonyl (C=O) groups is 3. The normalized spacial score (nSPS) is 18.8. The highest BCUT2D eigenvalue weighted by molar-refractivity contribution is 9.10. The number of imide groups is 2. The van der Waals surface area contributed by atoms with Crippen LogP contribution in [0.3, 0.4) is 0 Å². The minimum absolute atomic E-state index is 0.0692. The highest BCUT2D eigenvalue weighted by atomic mass is 79.9. The number of benzene rings is 5. The van der Waals surface area contributed by atoms with E-state index in [1.54, 1.807) is 18.2 Å². The number of hydrogen-bond donors (Lipinski definition) is 1. The van der Waals surface area contributed by atoms with Crippen molar-refractivity contribution in [3.05, 3.63) is 158 Å². The fraction of sp³-hybridized carbons (Fsp3) is 0.186. The Balaban J connectivity index is 1.19. The Morgan fingerprint density at radius 2 is 1.47 bits per heavy atom. The molecule has 3 heterocycles. The van der Waals surface area contributed by atoms with Crippen LogP contribution in [-0.2, 0) is 16.2 Å². The third kappa shape index (κ3) is 6.71. The lowest BCUT2D eigenvalue weighted by Crippen LogP contribution is -2.54. The molecule has 1 saturated heterocycles. The van der Waals surface area contributed by atoms with E-state index in [4.69, 9.17) is 21.1 Å². The Morgan fingerprint density at radius 1 is 0.830 bits per heavy atom. The van der Waals surface area contributed by atoms with Crippen LogP contribution in [0.2, 0.25) is 5.02 Å². The molecule has 53 heavy (non-hydrogen) atoms. The Labute approximate surface area is 321 Å². The fourth-order valence-corrected chi connectivity index (χ4v) is 8.56. The summed E-state index contributed by atoms with van der Waals surface area (Å²) in [6.45, 7) is 2.06. The first kappa shape index (κ1) is 34.7. The first-order valence-corrected chi connectivity index (χ1v) is 18.6. The van der Waals surface area contributed by atoms with Crippen LogP contribution in [-0.4, -0.2) is 38.0 Å². The van der Waals surface area contributed by atoms with Crippen LogP contribution < -0.4 is 24.6 Å². The van der Waals surface area contributed by atoms with Crippen molar-refractivity contribution in [3.63, 3.8) is 0 Å². The minimum Gasteiger partial charge on any atom is -0.493 e. The minimum atomic E-state index is -0.788. The number of urea groups is 1. The van der Waals surface area contributed by atoms with Crippen LogP contribution in [0.1, 0.15) is 58.1 Å². The average molecular weight is 789 g/mol. The number of ether oxygens (including phenoxy) is 2. The van der Waals surface area contributed by atoms with Crippen LogP contribution in [0, 0.1) is 0 Å². The molecule has 3 aliphatic rings. The zero-order chi connectivity index (χ0) is 36.6. The summed E-state index contributed by atoms with van der Waals surface area (Å²) in [5.74, 6) is -0.508. The second-order valence-corrected chi connectivity index (χ2v) is 14.7. The van der Waals surface area contributed by atoms with E-state index >= 15 is 0 Å². The van der Waals surface area contributed by atoms with Crippen LogP contribution in [0.25, 0.3) is 6.08 Å². The molecule has 8 nitrogen and oxygen atoms in total. The van der Waals surface area contributed by atoms with Gasteiger partial charge in [0.2, 0.25) is 0 Å². The number of halogens is 2. The van der Waals surface area contributed by atoms with Crippen molar-refractivity contribution >= 4 is 62.8 Å². The van der Waals surface area contributed by atoms with Gasteiger partial charge in [-0.25, -0.2) is 9.69 Å². The van der Waals surface area contributed by atoms with Gasteiger partial charge in [-0.05, 0) is 105 Å². The molecular weight excluding hydrogens is 754 g/mol. The van der Waals surface area contributed by atoms with Gasteiger partial charge in [0, 0.05) is 35.6 Å². The Hall–Kier alpha value is -5.38. The number of amides is 4. The fourth-order valence-electron chi connectivity index (χ4n) is 7.77. The molecule has 4 amide bonds. The molecule has 5 aromatic carbocycles. The van der Waals surface area contributed by atoms with E-state index in [0.717, 1.165) is 47.5 Å². The van der Waals surface area contributed by atoms with E-state index < -0.39 is 17.8 Å². The van der Waals surface area contributed by atoms with Gasteiger partial charge in [0.05, 0.1) is 17.3 Å². The Kier molecular flexibility index (Phi) is 9.53. The zero-order valence-corrected chi connectivity index (χ0v) is 31.2. The number of barbiturate groups is 1. The van der Waals surface area contributed by atoms with Crippen molar-refractivity contribution in [2.75, 3.05) is 30.0 Å². The molecule has 0 radical (unpaired) electrons. The molecule has 0 bridgehead atoms. The Morgan fingerprint density at radius 3 is 2.08 bits per heavy atom. The number of methoxy groups -OCH3 is 1. The molecule has 0 saturated carbocycles. The summed E-state index contributed by atoms with van der Waals surface area (Å²) in [6.07, 6.45) is 3.26. The van der Waals surface area contributed by atoms with Gasteiger partial charge < -0.3 is 14.4 Å². The van der Waals surface area contributed by atoms with Gasteiger partial charge in [-0.15, -0.1) is 0 Å². The first-order valence-electron chi connectivity index (χ1n) is 17.5. The molecule has 8 rings (SSSR count). The second-order valence-electron chi connectivity index (χ2n) is 13.4. The van der Waals surface area contributed by atoms with Gasteiger partial charge >= 0.3 is 6.03 Å². The molecule has 2 atom stereocenters. The van der Waals surface area contributed by atoms with Crippen LogP contribution in [0.4, 0.5) is 16.2 Å². The zero-order valence-electron chi connectivity index (χ0n) is 28.9. The number of nitrogens with zero attached hydrogens (tertiary/aromatic N) is 2. The summed E-state index contributed by atoms with van der Waals surface area (Å²) in [6, 6.07) is 34.6. The lowest BCUT2D eigenvalue weighted by molar-refractivity contribution is -0.122. The molecule has 1 N–H and O–H groups in total. The van der Waals surface area contributed by atoms with E-state index in [1.165, 1.54) is 30.0 Å². The first-order chi connectivity index (χ1) is 25.8. The number of carbonyl (C=O) groups excluding carboxylic acids is 3. The van der Waals surface area contributed by atoms with Gasteiger partial charge in [-0.1, -0.05) is 84.4 Å². The summed E-state index contributed by atoms with van der Waals surface area (Å²) in [7, 11) is 1.51. The smallest absolute Gasteiger partial charge is 0.335 e. The van der Waals surface area contributed by atoms with Gasteiger partial charge in [0.1, 0.15) is 12.2 Å². The largest absolute Gasteiger partial charge is 0.493 e. The van der Waals surface area contributed by atoms with Crippen LogP contribution >= 0.6 is 27.5 Å². The Bertz CT molecular complexity index is 2210. The summed E-state index contributed by atoms with van der Waals surface area (Å²) < 4.78 is 12.3. The maximum atomic E-state index is 14.4. The van der Waals surface area contributed by atoms with Gasteiger partial charge in [-0.3, -0.25) is 14.9 Å². The lowest BCUT2D eigenvalue weighted by Gasteiger charge is -2.44. The van der Waals surface area contributed by atoms with Crippen molar-refractivity contribution in [1.82, 2.24) is 5.32 Å². The topological polar surface area (TPSA) is 88.2 Å². The number of anilines is 2. The SMILES string of the molecule is COc1cc(/C=C2\C(=O)NC(=O)N(c3cc4c5c(c3)[C@@H](c3ccccc3)CCN5CC[C@@H]4c3ccccc3)C2=O)cc(Br)c1OCc1cccc(Cl)c1. The molecule has 0 spiro atoms. The molecule has 0 aliphatic carbocycles. The molecule has 1 fully saturated rings. The standard InChI is InChI=1S/C43H35BrClN3O5/c1-52-38-22-27(21-37(44)40(38)53-25-26-9-8-14-30(45)19-26)20-36-41(49)46-43(51)48(42(36)50)31-23-34-32(28-10-4-2-5-11-28)15-17-47-18-16-33(35(24-31)39(34)47)29-12-6-3-7-13-29/h2-14,19-24,32-33H,15-18,25H2,1H3,(H,46,49,51)/b36-20+/t32-,33-/m1/s1. The summed E-state index contributed by atoms with van der Waals surface area (Å²) in [4.78, 5) is 44.9. The highest BCUT2D eigenvalue weighted by Crippen LogP contribution is 2.50. The van der Waals surface area contributed by atoms with Crippen LogP contribution in [0.15, 0.2) is 119 Å². The summed E-state index contributed by atoms with van der Waals surface area (Å²) in [5, 5.41) is 3.03. The van der Waals surface area contributed by atoms with Crippen molar-refractivity contribution in [2.24, 2.45) is 0 Å². The summed E-state index contributed by atoms with van der Waals surface area (Å²) in [5.41, 5.74) is 7.28. The molecule has 10 heteroatoms. The number of rotatable bonds is 8.